The van der Waals surface area contributed by atoms with E-state index >= 15 is 0 Å². The third-order valence-corrected chi connectivity index (χ3v) is 1.20. The zero-order valence-electron chi connectivity index (χ0n) is 6.98. The quantitative estimate of drug-likeness (QED) is 0.602. The molecule has 66 valence electrons. The van der Waals surface area contributed by atoms with Crippen LogP contribution in [0.2, 0.25) is 0 Å². The van der Waals surface area contributed by atoms with Crippen molar-refractivity contribution >= 4 is 0 Å². The van der Waals surface area contributed by atoms with Gasteiger partial charge < -0.3 is 10.2 Å². The van der Waals surface area contributed by atoms with Gasteiger partial charge in [0.15, 0.2) is 0 Å². The first-order valence-corrected chi connectivity index (χ1v) is 3.72. The van der Waals surface area contributed by atoms with Crippen molar-refractivity contribution in [3.8, 4) is 0 Å². The molecule has 2 N–H and O–H groups in total. The molecule has 0 amide bonds. The van der Waals surface area contributed by atoms with E-state index in [0.29, 0.717) is 0 Å². The Morgan fingerprint density at radius 3 is 2.42 bits per heavy atom. The summed E-state index contributed by atoms with van der Waals surface area (Å²) in [5.41, 5.74) is 0.861. The van der Waals surface area contributed by atoms with E-state index in [9.17, 15) is 0 Å². The van der Waals surface area contributed by atoms with Gasteiger partial charge in [-0.3, -0.25) is 0 Å². The first-order valence-electron chi connectivity index (χ1n) is 3.72. The first kappa shape index (κ1) is 10.9. The maximum atomic E-state index is 8.55. The summed E-state index contributed by atoms with van der Waals surface area (Å²) in [6, 6.07) is 0. The van der Waals surface area contributed by atoms with Gasteiger partial charge in [0.05, 0.1) is 13.2 Å². The SMILES string of the molecule is C=CC(C=CC=CCO)=CCO. The normalized spacial score (nSPS) is 13.0. The van der Waals surface area contributed by atoms with E-state index in [0.717, 1.165) is 5.57 Å². The highest BCUT2D eigenvalue weighted by atomic mass is 16.3. The molecular formula is C10H14O2. The number of hydrogen-bond acceptors (Lipinski definition) is 2. The number of aliphatic hydroxyl groups is 2. The smallest absolute Gasteiger partial charge is 0.0621 e. The van der Waals surface area contributed by atoms with E-state index in [4.69, 9.17) is 10.2 Å². The average Bonchev–Trinajstić information content (AvgIpc) is 2.10. The standard InChI is InChI=1S/C10H14O2/c1-2-10(7-9-12)6-4-3-5-8-11/h2-7,11-12H,1,8-9H2. The minimum absolute atomic E-state index is 0.00933. The molecule has 0 aliphatic heterocycles. The molecule has 0 bridgehead atoms. The number of rotatable bonds is 5. The first-order chi connectivity index (χ1) is 5.85. The van der Waals surface area contributed by atoms with Gasteiger partial charge in [-0.05, 0) is 5.57 Å². The molecule has 12 heavy (non-hydrogen) atoms. The highest BCUT2D eigenvalue weighted by Gasteiger charge is 1.80. The van der Waals surface area contributed by atoms with Crippen LogP contribution in [-0.2, 0) is 0 Å². The van der Waals surface area contributed by atoms with Crippen molar-refractivity contribution in [3.05, 3.63) is 48.6 Å². The van der Waals surface area contributed by atoms with Crippen molar-refractivity contribution in [1.29, 1.82) is 0 Å². The van der Waals surface area contributed by atoms with Crippen molar-refractivity contribution in [2.75, 3.05) is 13.2 Å². The molecule has 0 unspecified atom stereocenters. The Bertz CT molecular complexity index is 200. The molecule has 0 aromatic carbocycles. The highest BCUT2D eigenvalue weighted by Crippen LogP contribution is 1.97. The molecule has 0 aliphatic carbocycles. The fourth-order valence-electron chi connectivity index (χ4n) is 0.631. The zero-order valence-corrected chi connectivity index (χ0v) is 6.98. The second-order valence-electron chi connectivity index (χ2n) is 2.06. The van der Waals surface area contributed by atoms with E-state index in [1.807, 2.05) is 0 Å². The summed E-state index contributed by atoms with van der Waals surface area (Å²) in [6.45, 7) is 3.62. The van der Waals surface area contributed by atoms with Crippen LogP contribution in [0.3, 0.4) is 0 Å². The summed E-state index contributed by atoms with van der Waals surface area (Å²) in [5, 5.41) is 17.0. The molecule has 0 fully saturated rings. The van der Waals surface area contributed by atoms with E-state index < -0.39 is 0 Å². The lowest BCUT2D eigenvalue weighted by molar-refractivity contribution is 0.342. The zero-order chi connectivity index (χ0) is 9.23. The monoisotopic (exact) mass is 166 g/mol. The van der Waals surface area contributed by atoms with Gasteiger partial charge in [0, 0.05) is 0 Å². The molecule has 0 aliphatic rings. The molecule has 0 heterocycles. The third-order valence-electron chi connectivity index (χ3n) is 1.20. The van der Waals surface area contributed by atoms with Crippen LogP contribution >= 0.6 is 0 Å². The number of aliphatic hydroxyl groups excluding tert-OH is 2. The summed E-state index contributed by atoms with van der Waals surface area (Å²) in [6.07, 6.45) is 10.2. The predicted molar refractivity (Wildman–Crippen MR) is 50.7 cm³/mol. The van der Waals surface area contributed by atoms with Gasteiger partial charge >= 0.3 is 0 Å². The molecule has 0 atom stereocenters. The minimum Gasteiger partial charge on any atom is -0.392 e. The number of hydrogen-bond donors (Lipinski definition) is 2. The summed E-state index contributed by atoms with van der Waals surface area (Å²) in [7, 11) is 0. The maximum Gasteiger partial charge on any atom is 0.0621 e. The Kier molecular flexibility index (Phi) is 7.24. The molecule has 0 radical (unpaired) electrons. The molecule has 0 saturated carbocycles. The van der Waals surface area contributed by atoms with Crippen LogP contribution in [0.5, 0.6) is 0 Å². The van der Waals surface area contributed by atoms with Crippen LogP contribution < -0.4 is 0 Å². The lowest BCUT2D eigenvalue weighted by atomic mass is 10.2. The fraction of sp³-hybridized carbons (Fsp3) is 0.200. The van der Waals surface area contributed by atoms with E-state index in [-0.39, 0.29) is 13.2 Å². The van der Waals surface area contributed by atoms with Crippen LogP contribution in [0, 0.1) is 0 Å². The van der Waals surface area contributed by atoms with Gasteiger partial charge in [0.25, 0.3) is 0 Å². The molecule has 2 nitrogen and oxygen atoms in total. The predicted octanol–water partition coefficient (Wildman–Crippen LogP) is 1.20. The Morgan fingerprint density at radius 2 is 1.92 bits per heavy atom. The molecular weight excluding hydrogens is 152 g/mol. The van der Waals surface area contributed by atoms with Crippen LogP contribution in [-0.4, -0.2) is 23.4 Å². The minimum atomic E-state index is 0.00933. The second-order valence-corrected chi connectivity index (χ2v) is 2.06. The topological polar surface area (TPSA) is 40.5 Å². The van der Waals surface area contributed by atoms with Gasteiger partial charge in [0.2, 0.25) is 0 Å². The van der Waals surface area contributed by atoms with Crippen molar-refractivity contribution in [2.45, 2.75) is 0 Å². The summed E-state index contributed by atoms with van der Waals surface area (Å²) in [4.78, 5) is 0. The third kappa shape index (κ3) is 5.65. The van der Waals surface area contributed by atoms with Gasteiger partial charge in [-0.15, -0.1) is 0 Å². The molecule has 0 spiro atoms. The van der Waals surface area contributed by atoms with Gasteiger partial charge in [-0.1, -0.05) is 43.0 Å². The van der Waals surface area contributed by atoms with Crippen LogP contribution in [0.1, 0.15) is 0 Å². The average molecular weight is 166 g/mol. The lowest BCUT2D eigenvalue weighted by Crippen LogP contribution is -1.76. The van der Waals surface area contributed by atoms with E-state index in [1.165, 1.54) is 0 Å². The molecule has 0 rings (SSSR count). The largest absolute Gasteiger partial charge is 0.392 e. The Morgan fingerprint density at radius 1 is 1.17 bits per heavy atom. The molecule has 0 aromatic rings. The van der Waals surface area contributed by atoms with Gasteiger partial charge in [-0.2, -0.15) is 0 Å². The van der Waals surface area contributed by atoms with Gasteiger partial charge in [0.1, 0.15) is 0 Å². The van der Waals surface area contributed by atoms with Crippen molar-refractivity contribution in [1.82, 2.24) is 0 Å². The van der Waals surface area contributed by atoms with Crippen LogP contribution in [0.15, 0.2) is 48.6 Å². The molecule has 2 heteroatoms. The summed E-state index contributed by atoms with van der Waals surface area (Å²) in [5.74, 6) is 0. The summed E-state index contributed by atoms with van der Waals surface area (Å²) >= 11 is 0. The maximum absolute atomic E-state index is 8.55. The Balaban J connectivity index is 4.01. The van der Waals surface area contributed by atoms with Crippen LogP contribution in [0.25, 0.3) is 0 Å². The Hall–Kier alpha value is -1.12. The molecule has 0 aromatic heterocycles. The molecule has 0 saturated heterocycles. The van der Waals surface area contributed by atoms with Crippen molar-refractivity contribution in [3.63, 3.8) is 0 Å². The highest BCUT2D eigenvalue weighted by molar-refractivity contribution is 5.30. The van der Waals surface area contributed by atoms with Crippen molar-refractivity contribution < 1.29 is 10.2 Å². The summed E-state index contributed by atoms with van der Waals surface area (Å²) < 4.78 is 0. The fourth-order valence-corrected chi connectivity index (χ4v) is 0.631. The van der Waals surface area contributed by atoms with Gasteiger partial charge in [-0.25, -0.2) is 0 Å². The van der Waals surface area contributed by atoms with E-state index in [2.05, 4.69) is 6.58 Å². The lowest BCUT2D eigenvalue weighted by Gasteiger charge is -1.88. The second kappa shape index (κ2) is 7.98. The number of allylic oxidation sites excluding steroid dienone is 5. The van der Waals surface area contributed by atoms with E-state index in [1.54, 1.807) is 36.5 Å². The Labute approximate surface area is 72.9 Å². The van der Waals surface area contributed by atoms with Crippen molar-refractivity contribution in [2.24, 2.45) is 0 Å². The van der Waals surface area contributed by atoms with Crippen LogP contribution in [0.4, 0.5) is 0 Å².